The van der Waals surface area contributed by atoms with Crippen molar-refractivity contribution in [1.29, 1.82) is 0 Å². The lowest BCUT2D eigenvalue weighted by Gasteiger charge is -2.21. The van der Waals surface area contributed by atoms with Crippen molar-refractivity contribution in [2.45, 2.75) is 33.2 Å². The SMILES string of the molecule is CNC1CCN(c2cnnc(NCC(C)(C)C)c2)C1. The Hall–Kier alpha value is -1.36. The van der Waals surface area contributed by atoms with Crippen molar-refractivity contribution in [3.63, 3.8) is 0 Å². The number of hydrogen-bond acceptors (Lipinski definition) is 5. The van der Waals surface area contributed by atoms with Gasteiger partial charge in [-0.05, 0) is 18.9 Å². The molecular formula is C14H25N5. The van der Waals surface area contributed by atoms with Gasteiger partial charge in [-0.25, -0.2) is 0 Å². The molecule has 19 heavy (non-hydrogen) atoms. The fourth-order valence-electron chi connectivity index (χ4n) is 2.20. The van der Waals surface area contributed by atoms with Crippen molar-refractivity contribution in [2.75, 3.05) is 36.9 Å². The number of aromatic nitrogens is 2. The Morgan fingerprint density at radius 1 is 1.42 bits per heavy atom. The zero-order valence-electron chi connectivity index (χ0n) is 12.4. The van der Waals surface area contributed by atoms with Crippen LogP contribution in [0.1, 0.15) is 27.2 Å². The molecule has 1 atom stereocenters. The van der Waals surface area contributed by atoms with Crippen molar-refractivity contribution >= 4 is 11.5 Å². The highest BCUT2D eigenvalue weighted by Gasteiger charge is 2.21. The normalized spacial score (nSPS) is 19.8. The van der Waals surface area contributed by atoms with Crippen LogP contribution in [0.15, 0.2) is 12.3 Å². The van der Waals surface area contributed by atoms with Crippen molar-refractivity contribution < 1.29 is 0 Å². The minimum atomic E-state index is 0.239. The molecule has 106 valence electrons. The lowest BCUT2D eigenvalue weighted by atomic mass is 9.97. The van der Waals surface area contributed by atoms with Gasteiger partial charge in [0.05, 0.1) is 11.9 Å². The third kappa shape index (κ3) is 4.06. The van der Waals surface area contributed by atoms with Crippen molar-refractivity contribution in [3.8, 4) is 0 Å². The standard InChI is InChI=1S/C14H25N5/c1-14(2,3)10-16-13-7-12(8-17-18-13)19-6-5-11(9-19)15-4/h7-8,11,15H,5-6,9-10H2,1-4H3,(H,16,18). The van der Waals surface area contributed by atoms with E-state index in [0.717, 1.165) is 31.1 Å². The van der Waals surface area contributed by atoms with Crippen LogP contribution in [0.4, 0.5) is 11.5 Å². The fourth-order valence-corrected chi connectivity index (χ4v) is 2.20. The summed E-state index contributed by atoms with van der Waals surface area (Å²) >= 11 is 0. The molecule has 1 aromatic rings. The van der Waals surface area contributed by atoms with Crippen LogP contribution in [0.2, 0.25) is 0 Å². The van der Waals surface area contributed by atoms with E-state index in [0.29, 0.717) is 6.04 Å². The van der Waals surface area contributed by atoms with E-state index in [1.807, 2.05) is 13.2 Å². The molecule has 0 bridgehead atoms. The maximum atomic E-state index is 4.15. The molecule has 0 amide bonds. The molecule has 2 rings (SSSR count). The Kier molecular flexibility index (Phi) is 4.24. The maximum Gasteiger partial charge on any atom is 0.150 e. The van der Waals surface area contributed by atoms with Crippen LogP contribution >= 0.6 is 0 Å². The Morgan fingerprint density at radius 3 is 2.84 bits per heavy atom. The van der Waals surface area contributed by atoms with Gasteiger partial charge in [0.1, 0.15) is 0 Å². The van der Waals surface area contributed by atoms with E-state index in [9.17, 15) is 0 Å². The summed E-state index contributed by atoms with van der Waals surface area (Å²) in [5.41, 5.74) is 1.40. The van der Waals surface area contributed by atoms with Gasteiger partial charge in [0.25, 0.3) is 0 Å². The summed E-state index contributed by atoms with van der Waals surface area (Å²) in [4.78, 5) is 2.36. The Balaban J connectivity index is 1.99. The number of likely N-dealkylation sites (N-methyl/N-ethyl adjacent to an activating group) is 1. The van der Waals surface area contributed by atoms with Crippen molar-refractivity contribution in [2.24, 2.45) is 5.41 Å². The first kappa shape index (κ1) is 14.1. The summed E-state index contributed by atoms with van der Waals surface area (Å²) in [7, 11) is 2.02. The molecule has 0 saturated carbocycles. The molecule has 1 saturated heterocycles. The number of nitrogens with one attached hydrogen (secondary N) is 2. The second-order valence-corrected chi connectivity index (χ2v) is 6.43. The average Bonchev–Trinajstić information content (AvgIpc) is 2.85. The lowest BCUT2D eigenvalue weighted by molar-refractivity contribution is 0.442. The van der Waals surface area contributed by atoms with Crippen LogP contribution in [-0.2, 0) is 0 Å². The van der Waals surface area contributed by atoms with Crippen molar-refractivity contribution in [1.82, 2.24) is 15.5 Å². The largest absolute Gasteiger partial charge is 0.369 e. The molecule has 1 unspecified atom stereocenters. The molecule has 5 heteroatoms. The van der Waals surface area contributed by atoms with E-state index in [4.69, 9.17) is 0 Å². The van der Waals surface area contributed by atoms with Gasteiger partial charge in [0, 0.05) is 31.7 Å². The van der Waals surface area contributed by atoms with Gasteiger partial charge in [-0.15, -0.1) is 5.10 Å². The van der Waals surface area contributed by atoms with Gasteiger partial charge in [0.2, 0.25) is 0 Å². The number of nitrogens with zero attached hydrogens (tertiary/aromatic N) is 3. The van der Waals surface area contributed by atoms with E-state index >= 15 is 0 Å². The molecule has 1 aliphatic heterocycles. The second-order valence-electron chi connectivity index (χ2n) is 6.43. The summed E-state index contributed by atoms with van der Waals surface area (Å²) in [5.74, 6) is 0.861. The number of hydrogen-bond donors (Lipinski definition) is 2. The highest BCUT2D eigenvalue weighted by Crippen LogP contribution is 2.22. The fraction of sp³-hybridized carbons (Fsp3) is 0.714. The van der Waals surface area contributed by atoms with Gasteiger partial charge in [-0.3, -0.25) is 0 Å². The Labute approximate surface area is 115 Å². The van der Waals surface area contributed by atoms with E-state index in [1.165, 1.54) is 6.42 Å². The van der Waals surface area contributed by atoms with Crippen LogP contribution in [0.3, 0.4) is 0 Å². The molecule has 0 radical (unpaired) electrons. The van der Waals surface area contributed by atoms with E-state index in [1.54, 1.807) is 0 Å². The molecule has 1 aliphatic rings. The zero-order valence-corrected chi connectivity index (χ0v) is 12.4. The highest BCUT2D eigenvalue weighted by atomic mass is 15.2. The second kappa shape index (κ2) is 5.74. The molecule has 0 aromatic carbocycles. The summed E-state index contributed by atoms with van der Waals surface area (Å²) in [6.45, 7) is 9.63. The summed E-state index contributed by atoms with van der Waals surface area (Å²) in [5, 5.41) is 14.9. The van der Waals surface area contributed by atoms with Gasteiger partial charge < -0.3 is 15.5 Å². The van der Waals surface area contributed by atoms with Crippen molar-refractivity contribution in [3.05, 3.63) is 12.3 Å². The van der Waals surface area contributed by atoms with Crippen LogP contribution in [0.25, 0.3) is 0 Å². The summed E-state index contributed by atoms with van der Waals surface area (Å²) in [6.07, 6.45) is 3.03. The molecule has 0 aliphatic carbocycles. The van der Waals surface area contributed by atoms with E-state index < -0.39 is 0 Å². The zero-order chi connectivity index (χ0) is 13.9. The minimum Gasteiger partial charge on any atom is -0.369 e. The summed E-state index contributed by atoms with van der Waals surface area (Å²) < 4.78 is 0. The van der Waals surface area contributed by atoms with E-state index in [-0.39, 0.29) is 5.41 Å². The molecule has 0 spiro atoms. The van der Waals surface area contributed by atoms with Gasteiger partial charge in [-0.1, -0.05) is 20.8 Å². The third-order valence-corrected chi connectivity index (χ3v) is 3.40. The molecule has 1 fully saturated rings. The first-order valence-electron chi connectivity index (χ1n) is 6.97. The lowest BCUT2D eigenvalue weighted by Crippen LogP contribution is -2.29. The Bertz CT molecular complexity index is 413. The van der Waals surface area contributed by atoms with Gasteiger partial charge in [0.15, 0.2) is 5.82 Å². The third-order valence-electron chi connectivity index (χ3n) is 3.40. The number of anilines is 2. The monoisotopic (exact) mass is 263 g/mol. The Morgan fingerprint density at radius 2 is 2.21 bits per heavy atom. The highest BCUT2D eigenvalue weighted by molar-refractivity contribution is 5.53. The first-order chi connectivity index (χ1) is 8.98. The first-order valence-corrected chi connectivity index (χ1v) is 6.97. The van der Waals surface area contributed by atoms with E-state index in [2.05, 4.69) is 52.6 Å². The topological polar surface area (TPSA) is 53.1 Å². The number of rotatable bonds is 4. The quantitative estimate of drug-likeness (QED) is 0.866. The predicted molar refractivity (Wildman–Crippen MR) is 79.7 cm³/mol. The van der Waals surface area contributed by atoms with Gasteiger partial charge >= 0.3 is 0 Å². The maximum absolute atomic E-state index is 4.15. The predicted octanol–water partition coefficient (Wildman–Crippen LogP) is 1.73. The average molecular weight is 263 g/mol. The van der Waals surface area contributed by atoms with Gasteiger partial charge in [-0.2, -0.15) is 5.10 Å². The molecular weight excluding hydrogens is 238 g/mol. The van der Waals surface area contributed by atoms with Crippen LogP contribution in [-0.4, -0.2) is 42.9 Å². The molecule has 1 aromatic heterocycles. The van der Waals surface area contributed by atoms with Crippen LogP contribution in [0.5, 0.6) is 0 Å². The molecule has 2 heterocycles. The summed E-state index contributed by atoms with van der Waals surface area (Å²) in [6, 6.07) is 2.68. The van der Waals surface area contributed by atoms with Crippen LogP contribution < -0.4 is 15.5 Å². The molecule has 2 N–H and O–H groups in total. The molecule has 5 nitrogen and oxygen atoms in total. The van der Waals surface area contributed by atoms with Crippen LogP contribution in [0, 0.1) is 5.41 Å². The minimum absolute atomic E-state index is 0.239. The smallest absolute Gasteiger partial charge is 0.150 e.